The van der Waals surface area contributed by atoms with Gasteiger partial charge in [-0.2, -0.15) is 0 Å². The summed E-state index contributed by atoms with van der Waals surface area (Å²) in [6.45, 7) is 4.06. The van der Waals surface area contributed by atoms with Crippen LogP contribution >= 0.6 is 0 Å². The van der Waals surface area contributed by atoms with E-state index in [0.29, 0.717) is 5.76 Å². The highest BCUT2D eigenvalue weighted by Gasteiger charge is 2.21. The van der Waals surface area contributed by atoms with Crippen molar-refractivity contribution in [2.75, 3.05) is 7.11 Å². The van der Waals surface area contributed by atoms with Gasteiger partial charge in [-0.1, -0.05) is 36.9 Å². The number of methoxy groups -OCH3 is 1. The van der Waals surface area contributed by atoms with Gasteiger partial charge in [-0.25, -0.2) is 4.79 Å². The summed E-state index contributed by atoms with van der Waals surface area (Å²) < 4.78 is 10.6. The second-order valence-electron chi connectivity index (χ2n) is 4.64. The Morgan fingerprint density at radius 3 is 2.95 bits per heavy atom. The van der Waals surface area contributed by atoms with Crippen LogP contribution in [-0.2, 0) is 14.3 Å². The zero-order chi connectivity index (χ0) is 14.1. The van der Waals surface area contributed by atoms with Gasteiger partial charge >= 0.3 is 5.97 Å². The fraction of sp³-hybridized carbons (Fsp3) is 0.118. The Morgan fingerprint density at radius 1 is 1.35 bits per heavy atom. The van der Waals surface area contributed by atoms with Crippen molar-refractivity contribution in [3.63, 3.8) is 0 Å². The molecule has 1 aliphatic heterocycles. The lowest BCUT2D eigenvalue weighted by atomic mass is 9.97. The number of rotatable bonds is 1. The number of carbonyl (C=O) groups is 1. The topological polar surface area (TPSA) is 35.5 Å². The van der Waals surface area contributed by atoms with E-state index in [-0.39, 0.29) is 5.76 Å². The van der Waals surface area contributed by atoms with Crippen molar-refractivity contribution >= 4 is 17.8 Å². The van der Waals surface area contributed by atoms with Crippen molar-refractivity contribution in [2.24, 2.45) is 0 Å². The average Bonchev–Trinajstić information content (AvgIpc) is 2.64. The molecule has 0 fully saturated rings. The molecule has 20 heavy (non-hydrogen) atoms. The number of hydrogen-bond donors (Lipinski definition) is 0. The van der Waals surface area contributed by atoms with Gasteiger partial charge < -0.3 is 9.47 Å². The Balaban J connectivity index is 2.33. The minimum absolute atomic E-state index is 0.212. The molecule has 2 aliphatic rings. The smallest absolute Gasteiger partial charge is 0.374 e. The average molecular weight is 266 g/mol. The summed E-state index contributed by atoms with van der Waals surface area (Å²) in [7, 11) is 1.35. The highest BCUT2D eigenvalue weighted by atomic mass is 16.6. The number of allylic oxidation sites excluding steroid dienone is 4. The van der Waals surface area contributed by atoms with Gasteiger partial charge in [0.05, 0.1) is 7.11 Å². The Hall–Kier alpha value is -2.55. The van der Waals surface area contributed by atoms with E-state index in [1.165, 1.54) is 7.11 Å². The van der Waals surface area contributed by atoms with Crippen LogP contribution in [0.5, 0.6) is 0 Å². The molecule has 1 aliphatic carbocycles. The molecule has 0 radical (unpaired) electrons. The Kier molecular flexibility index (Phi) is 3.03. The lowest BCUT2D eigenvalue weighted by Crippen LogP contribution is -2.29. The summed E-state index contributed by atoms with van der Waals surface area (Å²) in [5.74, 6) is 0.366. The Morgan fingerprint density at radius 2 is 2.15 bits per heavy atom. The number of hydrogen-bond acceptors (Lipinski definition) is 3. The second kappa shape index (κ2) is 4.85. The fourth-order valence-electron chi connectivity index (χ4n) is 2.34. The molecule has 1 heterocycles. The molecule has 3 nitrogen and oxygen atoms in total. The fourth-order valence-corrected chi connectivity index (χ4v) is 2.34. The van der Waals surface area contributed by atoms with Crippen LogP contribution < -0.4 is 10.4 Å². The van der Waals surface area contributed by atoms with Crippen LogP contribution in [0.3, 0.4) is 0 Å². The third kappa shape index (κ3) is 1.97. The van der Waals surface area contributed by atoms with Gasteiger partial charge in [-0.3, -0.25) is 0 Å². The van der Waals surface area contributed by atoms with Crippen LogP contribution in [0.4, 0.5) is 0 Å². The zero-order valence-electron chi connectivity index (χ0n) is 11.2. The maximum absolute atomic E-state index is 12.0. The van der Waals surface area contributed by atoms with E-state index in [1.807, 2.05) is 42.5 Å². The molecule has 0 atom stereocenters. The Labute approximate surface area is 116 Å². The number of benzene rings is 1. The SMILES string of the molecule is C=C1CC=CC2=C1C=c1ccccc1=C(C(=O)OC)O2. The minimum atomic E-state index is -0.482. The van der Waals surface area contributed by atoms with Gasteiger partial charge in [0.2, 0.25) is 5.76 Å². The zero-order valence-corrected chi connectivity index (χ0v) is 11.2. The van der Waals surface area contributed by atoms with Crippen molar-refractivity contribution in [3.8, 4) is 0 Å². The number of ether oxygens (including phenoxy) is 2. The first-order valence-electron chi connectivity index (χ1n) is 6.37. The summed E-state index contributed by atoms with van der Waals surface area (Å²) >= 11 is 0. The summed E-state index contributed by atoms with van der Waals surface area (Å²) in [6.07, 6.45) is 6.64. The van der Waals surface area contributed by atoms with Crippen LogP contribution in [0.2, 0.25) is 0 Å². The molecule has 100 valence electrons. The van der Waals surface area contributed by atoms with E-state index >= 15 is 0 Å². The Bertz CT molecular complexity index is 779. The lowest BCUT2D eigenvalue weighted by molar-refractivity contribution is -0.135. The summed E-state index contributed by atoms with van der Waals surface area (Å²) in [6, 6.07) is 7.59. The summed E-state index contributed by atoms with van der Waals surface area (Å²) in [4.78, 5) is 12.0. The minimum Gasteiger partial charge on any atom is -0.463 e. The molecule has 0 amide bonds. The molecule has 0 unspecified atom stereocenters. The van der Waals surface area contributed by atoms with Crippen LogP contribution in [-0.4, -0.2) is 13.1 Å². The standard InChI is InChI=1S/C17H14O3/c1-11-6-5-9-15-14(11)10-12-7-3-4-8-13(12)16(20-15)17(18)19-2/h3-5,7-10H,1,6H2,2H3. The van der Waals surface area contributed by atoms with Gasteiger partial charge in [-0.15, -0.1) is 0 Å². The van der Waals surface area contributed by atoms with Gasteiger partial charge in [0.1, 0.15) is 5.76 Å². The first kappa shape index (κ1) is 12.5. The summed E-state index contributed by atoms with van der Waals surface area (Å²) in [5.41, 5.74) is 1.90. The third-order valence-electron chi connectivity index (χ3n) is 3.37. The molecule has 1 aromatic rings. The highest BCUT2D eigenvalue weighted by molar-refractivity contribution is 6.07. The van der Waals surface area contributed by atoms with Crippen molar-refractivity contribution in [1.82, 2.24) is 0 Å². The van der Waals surface area contributed by atoms with Gasteiger partial charge in [0.25, 0.3) is 0 Å². The van der Waals surface area contributed by atoms with Crippen molar-refractivity contribution in [3.05, 3.63) is 70.3 Å². The predicted octanol–water partition coefficient (Wildman–Crippen LogP) is 1.55. The predicted molar refractivity (Wildman–Crippen MR) is 76.6 cm³/mol. The molecule has 3 heteroatoms. The van der Waals surface area contributed by atoms with E-state index in [1.54, 1.807) is 0 Å². The van der Waals surface area contributed by atoms with Crippen LogP contribution in [0, 0.1) is 0 Å². The van der Waals surface area contributed by atoms with Crippen molar-refractivity contribution in [1.29, 1.82) is 0 Å². The van der Waals surface area contributed by atoms with Crippen molar-refractivity contribution in [2.45, 2.75) is 6.42 Å². The monoisotopic (exact) mass is 266 g/mol. The molecule has 0 saturated heterocycles. The normalized spacial score (nSPS) is 16.6. The maximum atomic E-state index is 12.0. The third-order valence-corrected chi connectivity index (χ3v) is 3.37. The summed E-state index contributed by atoms with van der Waals surface area (Å²) in [5, 5.41) is 1.66. The highest BCUT2D eigenvalue weighted by Crippen LogP contribution is 2.27. The lowest BCUT2D eigenvalue weighted by Gasteiger charge is -2.15. The quantitative estimate of drug-likeness (QED) is 0.723. The molecule has 0 saturated carbocycles. The van der Waals surface area contributed by atoms with E-state index < -0.39 is 5.97 Å². The second-order valence-corrected chi connectivity index (χ2v) is 4.64. The number of esters is 1. The molecule has 3 rings (SSSR count). The molecule has 0 spiro atoms. The van der Waals surface area contributed by atoms with Gasteiger partial charge in [0, 0.05) is 10.8 Å². The number of fused-ring (bicyclic) bond motifs is 1. The molecule has 1 aromatic carbocycles. The molecular formula is C17H14O3. The van der Waals surface area contributed by atoms with E-state index in [9.17, 15) is 4.79 Å². The number of carbonyl (C=O) groups excluding carboxylic acids is 1. The van der Waals surface area contributed by atoms with Crippen LogP contribution in [0.25, 0.3) is 11.8 Å². The van der Waals surface area contributed by atoms with Crippen LogP contribution in [0.1, 0.15) is 6.42 Å². The van der Waals surface area contributed by atoms with Crippen molar-refractivity contribution < 1.29 is 14.3 Å². The van der Waals surface area contributed by atoms with E-state index in [2.05, 4.69) is 6.58 Å². The first-order valence-corrected chi connectivity index (χ1v) is 6.37. The maximum Gasteiger partial charge on any atom is 0.374 e. The molecule has 0 bridgehead atoms. The first-order chi connectivity index (χ1) is 9.70. The van der Waals surface area contributed by atoms with Crippen LogP contribution in [0.15, 0.2) is 59.9 Å². The largest absolute Gasteiger partial charge is 0.463 e. The molecule has 0 aromatic heterocycles. The molecular weight excluding hydrogens is 252 g/mol. The van der Waals surface area contributed by atoms with E-state index in [0.717, 1.165) is 28.0 Å². The van der Waals surface area contributed by atoms with Gasteiger partial charge in [-0.05, 0) is 29.4 Å². The van der Waals surface area contributed by atoms with Gasteiger partial charge in [0.15, 0.2) is 0 Å². The molecule has 0 N–H and O–H groups in total. The van der Waals surface area contributed by atoms with E-state index in [4.69, 9.17) is 9.47 Å².